The molecular weight excluding hydrogens is 821 g/mol. The highest BCUT2D eigenvalue weighted by atomic mass is 32.1. The van der Waals surface area contributed by atoms with E-state index in [1.165, 1.54) is 118 Å². The number of hydrogen-bond acceptors (Lipinski definition) is 2. The molecule has 0 saturated heterocycles. The summed E-state index contributed by atoms with van der Waals surface area (Å²) < 4.78 is 5.42. The first-order chi connectivity index (χ1) is 32.0. The Kier molecular flexibility index (Phi) is 10.1. The summed E-state index contributed by atoms with van der Waals surface area (Å²) in [4.78, 5) is 0. The molecule has 2 heteroatoms. The highest BCUT2D eigenvalue weighted by molar-refractivity contribution is 7.26. The van der Waals surface area contributed by atoms with Crippen molar-refractivity contribution in [3.05, 3.63) is 228 Å². The van der Waals surface area contributed by atoms with Crippen LogP contribution < -0.4 is 0 Å². The van der Waals surface area contributed by atoms with E-state index in [1.807, 2.05) is 22.7 Å². The third-order valence-electron chi connectivity index (χ3n) is 14.6. The molecule has 0 radical (unpaired) electrons. The van der Waals surface area contributed by atoms with Gasteiger partial charge in [0.1, 0.15) is 0 Å². The predicted octanol–water partition coefficient (Wildman–Crippen LogP) is 18.6. The van der Waals surface area contributed by atoms with Crippen LogP contribution in [0, 0.1) is 6.92 Å². The van der Waals surface area contributed by atoms with E-state index in [-0.39, 0.29) is 0 Å². The average Bonchev–Trinajstić information content (AvgIpc) is 3.89. The lowest BCUT2D eigenvalue weighted by molar-refractivity contribution is 0.579. The Balaban J connectivity index is 0.930. The van der Waals surface area contributed by atoms with Crippen molar-refractivity contribution in [2.75, 3.05) is 0 Å². The number of benzene rings is 9. The molecule has 65 heavy (non-hydrogen) atoms. The highest BCUT2D eigenvalue weighted by Gasteiger charge is 2.29. The van der Waals surface area contributed by atoms with Gasteiger partial charge in [0, 0.05) is 40.3 Å². The Morgan fingerprint density at radius 3 is 1.95 bits per heavy atom. The molecule has 0 saturated carbocycles. The van der Waals surface area contributed by atoms with Gasteiger partial charge in [-0.3, -0.25) is 0 Å². The summed E-state index contributed by atoms with van der Waals surface area (Å²) in [5.41, 5.74) is 19.0. The molecule has 0 spiro atoms. The summed E-state index contributed by atoms with van der Waals surface area (Å²) in [7, 11) is 0. The normalized spacial score (nSPS) is 15.3. The number of aryl methyl sites for hydroxylation is 1. The first-order valence-electron chi connectivity index (χ1n) is 23.3. The molecule has 11 aromatic rings. The maximum absolute atomic E-state index is 2.54. The van der Waals surface area contributed by atoms with E-state index in [0.717, 1.165) is 19.3 Å². The van der Waals surface area contributed by atoms with E-state index in [2.05, 4.69) is 215 Å². The lowest BCUT2D eigenvalue weighted by atomic mass is 9.80. The van der Waals surface area contributed by atoms with Crippen LogP contribution in [0.3, 0.4) is 0 Å². The van der Waals surface area contributed by atoms with Gasteiger partial charge in [0.25, 0.3) is 0 Å². The lowest BCUT2D eigenvalue weighted by Crippen LogP contribution is -2.10. The maximum atomic E-state index is 2.54. The molecule has 314 valence electrons. The van der Waals surface area contributed by atoms with Crippen molar-refractivity contribution >= 4 is 63.0 Å². The van der Waals surface area contributed by atoms with E-state index < -0.39 is 0 Å². The molecule has 0 bridgehead atoms. The second-order valence-corrected chi connectivity index (χ2v) is 20.5. The molecule has 0 N–H and O–H groups in total. The van der Waals surface area contributed by atoms with E-state index in [0.29, 0.717) is 17.8 Å². The quantitative estimate of drug-likeness (QED) is 0.143. The van der Waals surface area contributed by atoms with Crippen LogP contribution in [0.5, 0.6) is 0 Å². The SMILES string of the molecule is CCC(Cc1ccccc1-c1cc(-c2ccc3c(c2)-c2ccccc2CC(c2ccccc2)C3C)ccc1C)c1cc(-c2ccc3sc4ccccc4c3c2)c2sc3ccccc3c2c1. The summed E-state index contributed by atoms with van der Waals surface area (Å²) in [6.45, 7) is 7.08. The second kappa shape index (κ2) is 16.4. The Morgan fingerprint density at radius 1 is 0.492 bits per heavy atom. The minimum atomic E-state index is 0.346. The monoisotopic (exact) mass is 870 g/mol. The van der Waals surface area contributed by atoms with Gasteiger partial charge in [0.05, 0.1) is 0 Å². The van der Waals surface area contributed by atoms with E-state index in [4.69, 9.17) is 0 Å². The van der Waals surface area contributed by atoms with Crippen molar-refractivity contribution in [1.82, 2.24) is 0 Å². The Morgan fingerprint density at radius 2 is 1.14 bits per heavy atom. The van der Waals surface area contributed by atoms with Crippen LogP contribution >= 0.6 is 22.7 Å². The van der Waals surface area contributed by atoms with E-state index in [1.54, 1.807) is 0 Å². The molecule has 0 amide bonds. The minimum Gasteiger partial charge on any atom is -0.135 e. The Bertz CT molecular complexity index is 3580. The van der Waals surface area contributed by atoms with E-state index >= 15 is 0 Å². The van der Waals surface area contributed by atoms with Gasteiger partial charge in [0.15, 0.2) is 0 Å². The molecule has 0 aliphatic heterocycles. The molecule has 0 fully saturated rings. The van der Waals surface area contributed by atoms with Gasteiger partial charge in [-0.2, -0.15) is 0 Å². The van der Waals surface area contributed by atoms with Crippen LogP contribution in [0.4, 0.5) is 0 Å². The zero-order chi connectivity index (χ0) is 43.6. The summed E-state index contributed by atoms with van der Waals surface area (Å²) in [6, 6.07) is 73.9. The summed E-state index contributed by atoms with van der Waals surface area (Å²) >= 11 is 3.83. The van der Waals surface area contributed by atoms with Gasteiger partial charge in [0.2, 0.25) is 0 Å². The predicted molar refractivity (Wildman–Crippen MR) is 283 cm³/mol. The zero-order valence-corrected chi connectivity index (χ0v) is 38.8. The average molecular weight is 871 g/mol. The van der Waals surface area contributed by atoms with Gasteiger partial charge in [-0.25, -0.2) is 0 Å². The fourth-order valence-corrected chi connectivity index (χ4v) is 13.4. The number of thiophene rings is 2. The first kappa shape index (κ1) is 40.0. The van der Waals surface area contributed by atoms with Crippen molar-refractivity contribution in [2.45, 2.75) is 57.8 Å². The lowest BCUT2D eigenvalue weighted by Gasteiger charge is -2.24. The fourth-order valence-electron chi connectivity index (χ4n) is 11.1. The van der Waals surface area contributed by atoms with Crippen LogP contribution in [0.25, 0.3) is 84.9 Å². The van der Waals surface area contributed by atoms with Crippen molar-refractivity contribution in [3.63, 3.8) is 0 Å². The van der Waals surface area contributed by atoms with Crippen molar-refractivity contribution in [3.8, 4) is 44.5 Å². The van der Waals surface area contributed by atoms with Crippen LogP contribution in [0.15, 0.2) is 194 Å². The number of hydrogen-bond donors (Lipinski definition) is 0. The molecule has 12 rings (SSSR count). The molecule has 3 unspecified atom stereocenters. The molecule has 2 aromatic heterocycles. The third-order valence-corrected chi connectivity index (χ3v) is 17.0. The van der Waals surface area contributed by atoms with Gasteiger partial charge >= 0.3 is 0 Å². The number of fused-ring (bicyclic) bond motifs is 9. The summed E-state index contributed by atoms with van der Waals surface area (Å²) in [6.07, 6.45) is 3.05. The van der Waals surface area contributed by atoms with Crippen molar-refractivity contribution in [1.29, 1.82) is 0 Å². The fraction of sp³-hybridized carbons (Fsp3) is 0.143. The highest BCUT2D eigenvalue weighted by Crippen LogP contribution is 2.48. The van der Waals surface area contributed by atoms with Gasteiger partial charge < -0.3 is 0 Å². The largest absolute Gasteiger partial charge is 0.135 e. The van der Waals surface area contributed by atoms with Crippen molar-refractivity contribution < 1.29 is 0 Å². The van der Waals surface area contributed by atoms with Crippen LogP contribution in [0.1, 0.15) is 71.4 Å². The summed E-state index contributed by atoms with van der Waals surface area (Å²) in [5, 5.41) is 5.42. The van der Waals surface area contributed by atoms with E-state index in [9.17, 15) is 0 Å². The standard InChI is InChI=1S/C63H50S2/c1-4-41(48-37-56(63-59(38-48)53-23-13-15-25-61(53)65-63)47-29-31-62-58(36-47)52-22-12-14-24-60(52)64-62)32-45-18-8-10-20-50(45)54-33-43(27-26-39(54)2)44-28-30-49-40(3)55(42-16-6-5-7-17-42)35-46-19-9-11-21-51(46)57(49)34-44/h5-31,33-34,36-38,40-41,55H,4,32,35H2,1-3H3. The molecule has 9 aromatic carbocycles. The van der Waals surface area contributed by atoms with Crippen molar-refractivity contribution in [2.24, 2.45) is 0 Å². The maximum Gasteiger partial charge on any atom is 0.0434 e. The second-order valence-electron chi connectivity index (χ2n) is 18.3. The number of rotatable bonds is 8. The topological polar surface area (TPSA) is 0 Å². The summed E-state index contributed by atoms with van der Waals surface area (Å²) in [5.74, 6) is 1.16. The Labute approximate surface area is 390 Å². The zero-order valence-electron chi connectivity index (χ0n) is 37.1. The van der Waals surface area contributed by atoms with Crippen LogP contribution in [-0.4, -0.2) is 0 Å². The molecule has 1 aliphatic carbocycles. The first-order valence-corrected chi connectivity index (χ1v) is 25.0. The van der Waals surface area contributed by atoms with Gasteiger partial charge in [-0.15, -0.1) is 22.7 Å². The smallest absolute Gasteiger partial charge is 0.0434 e. The molecule has 1 aliphatic rings. The third kappa shape index (κ3) is 7.03. The molecule has 2 heterocycles. The molecular formula is C63H50S2. The Hall–Kier alpha value is -6.58. The molecule has 3 atom stereocenters. The minimum absolute atomic E-state index is 0.346. The van der Waals surface area contributed by atoms with Gasteiger partial charge in [-0.05, 0) is 170 Å². The van der Waals surface area contributed by atoms with Crippen LogP contribution in [0.2, 0.25) is 0 Å². The van der Waals surface area contributed by atoms with Crippen LogP contribution in [-0.2, 0) is 12.8 Å². The molecule has 0 nitrogen and oxygen atoms in total. The van der Waals surface area contributed by atoms with Gasteiger partial charge in [-0.1, -0.05) is 159 Å².